The molecule has 1 saturated heterocycles. The van der Waals surface area contributed by atoms with Crippen molar-refractivity contribution in [1.29, 1.82) is 0 Å². The minimum atomic E-state index is 0.155. The Morgan fingerprint density at radius 2 is 2.15 bits per heavy atom. The second kappa shape index (κ2) is 7.29. The van der Waals surface area contributed by atoms with E-state index in [2.05, 4.69) is 6.92 Å². The Bertz CT molecular complexity index is 422. The third kappa shape index (κ3) is 3.73. The van der Waals surface area contributed by atoms with Crippen molar-refractivity contribution >= 4 is 5.91 Å². The second-order valence-electron chi connectivity index (χ2n) is 5.42. The summed E-state index contributed by atoms with van der Waals surface area (Å²) in [6, 6.07) is 9.78. The fourth-order valence-corrected chi connectivity index (χ4v) is 2.83. The number of hydrogen-bond donors (Lipinski definition) is 1. The van der Waals surface area contributed by atoms with Crippen LogP contribution in [0.25, 0.3) is 0 Å². The quantitative estimate of drug-likeness (QED) is 0.895. The molecule has 0 unspecified atom stereocenters. The summed E-state index contributed by atoms with van der Waals surface area (Å²) in [5.41, 5.74) is 5.82. The minimum absolute atomic E-state index is 0.155. The number of rotatable bonds is 5. The molecule has 0 spiro atoms. The van der Waals surface area contributed by atoms with Crippen molar-refractivity contribution in [3.63, 3.8) is 0 Å². The minimum Gasteiger partial charge on any atom is -0.493 e. The normalized spacial score (nSPS) is 22.6. The first-order valence-electron chi connectivity index (χ1n) is 7.39. The molecule has 0 aliphatic carbocycles. The summed E-state index contributed by atoms with van der Waals surface area (Å²) in [6.45, 7) is 3.98. The largest absolute Gasteiger partial charge is 0.493 e. The maximum absolute atomic E-state index is 12.3. The molecule has 0 bridgehead atoms. The van der Waals surface area contributed by atoms with Crippen LogP contribution in [0.4, 0.5) is 0 Å². The van der Waals surface area contributed by atoms with Crippen molar-refractivity contribution in [2.24, 2.45) is 11.7 Å². The van der Waals surface area contributed by atoms with E-state index >= 15 is 0 Å². The summed E-state index contributed by atoms with van der Waals surface area (Å²) in [4.78, 5) is 14.2. The Morgan fingerprint density at radius 1 is 1.40 bits per heavy atom. The number of hydrogen-bond acceptors (Lipinski definition) is 3. The van der Waals surface area contributed by atoms with Crippen LogP contribution >= 0.6 is 0 Å². The Hall–Kier alpha value is -1.55. The summed E-state index contributed by atoms with van der Waals surface area (Å²) in [7, 11) is 0. The molecule has 110 valence electrons. The molecule has 4 heteroatoms. The highest BCUT2D eigenvalue weighted by molar-refractivity contribution is 5.76. The van der Waals surface area contributed by atoms with Gasteiger partial charge in [0, 0.05) is 19.1 Å². The van der Waals surface area contributed by atoms with Gasteiger partial charge in [0.1, 0.15) is 5.75 Å². The molecule has 0 aromatic heterocycles. The van der Waals surface area contributed by atoms with Crippen LogP contribution in [0.3, 0.4) is 0 Å². The van der Waals surface area contributed by atoms with Crippen LogP contribution < -0.4 is 10.5 Å². The summed E-state index contributed by atoms with van der Waals surface area (Å²) in [5.74, 6) is 1.46. The molecule has 0 saturated carbocycles. The molecule has 2 rings (SSSR count). The Kier molecular flexibility index (Phi) is 5.41. The third-order valence-corrected chi connectivity index (χ3v) is 4.01. The lowest BCUT2D eigenvalue weighted by molar-refractivity contribution is -0.136. The SMILES string of the molecule is C[C@H]1CCCN(C(=O)CCOc2ccccc2)[C@H]1CN. The number of ether oxygens (including phenoxy) is 1. The van der Waals surface area contributed by atoms with Crippen LogP contribution in [0, 0.1) is 5.92 Å². The molecule has 1 aromatic carbocycles. The lowest BCUT2D eigenvalue weighted by atomic mass is 9.90. The van der Waals surface area contributed by atoms with E-state index in [0.29, 0.717) is 25.5 Å². The predicted molar refractivity (Wildman–Crippen MR) is 79.5 cm³/mol. The molecule has 1 heterocycles. The molecule has 2 atom stereocenters. The third-order valence-electron chi connectivity index (χ3n) is 4.01. The first kappa shape index (κ1) is 14.9. The zero-order valence-corrected chi connectivity index (χ0v) is 12.1. The van der Waals surface area contributed by atoms with Gasteiger partial charge in [0.2, 0.25) is 5.91 Å². The monoisotopic (exact) mass is 276 g/mol. The van der Waals surface area contributed by atoms with Crippen LogP contribution in [0.5, 0.6) is 5.75 Å². The van der Waals surface area contributed by atoms with Gasteiger partial charge in [-0.2, -0.15) is 0 Å². The number of carbonyl (C=O) groups is 1. The first-order valence-corrected chi connectivity index (χ1v) is 7.39. The molecule has 0 radical (unpaired) electrons. The standard InChI is InChI=1S/C16H24N2O2/c1-13-6-5-10-18(15(13)12-17)16(19)9-11-20-14-7-3-2-4-8-14/h2-4,7-8,13,15H,5-6,9-12,17H2,1H3/t13-,15-/m0/s1. The highest BCUT2D eigenvalue weighted by Gasteiger charge is 2.30. The Balaban J connectivity index is 1.82. The van der Waals surface area contributed by atoms with Gasteiger partial charge in [-0.25, -0.2) is 0 Å². The van der Waals surface area contributed by atoms with E-state index in [1.807, 2.05) is 35.2 Å². The van der Waals surface area contributed by atoms with Crippen molar-refractivity contribution in [3.8, 4) is 5.75 Å². The molecule has 1 aromatic rings. The number of benzene rings is 1. The smallest absolute Gasteiger partial charge is 0.226 e. The maximum Gasteiger partial charge on any atom is 0.226 e. The van der Waals surface area contributed by atoms with Gasteiger partial charge < -0.3 is 15.4 Å². The highest BCUT2D eigenvalue weighted by atomic mass is 16.5. The van der Waals surface area contributed by atoms with Gasteiger partial charge in [0.25, 0.3) is 0 Å². The summed E-state index contributed by atoms with van der Waals surface area (Å²) in [6.07, 6.45) is 2.65. The predicted octanol–water partition coefficient (Wildman–Crippen LogP) is 2.04. The molecule has 4 nitrogen and oxygen atoms in total. The molecule has 2 N–H and O–H groups in total. The van der Waals surface area contributed by atoms with Crippen LogP contribution in [0.1, 0.15) is 26.2 Å². The number of amides is 1. The Morgan fingerprint density at radius 3 is 2.85 bits per heavy atom. The molecular weight excluding hydrogens is 252 g/mol. The van der Waals surface area contributed by atoms with E-state index in [0.717, 1.165) is 25.1 Å². The van der Waals surface area contributed by atoms with Gasteiger partial charge in [0.05, 0.1) is 13.0 Å². The highest BCUT2D eigenvalue weighted by Crippen LogP contribution is 2.23. The first-order chi connectivity index (χ1) is 9.72. The fraction of sp³-hybridized carbons (Fsp3) is 0.562. The van der Waals surface area contributed by atoms with Crippen molar-refractivity contribution in [1.82, 2.24) is 4.90 Å². The summed E-state index contributed by atoms with van der Waals surface area (Å²) < 4.78 is 5.58. The van der Waals surface area contributed by atoms with E-state index in [1.165, 1.54) is 0 Å². The number of nitrogens with two attached hydrogens (primary N) is 1. The van der Waals surface area contributed by atoms with Crippen molar-refractivity contribution < 1.29 is 9.53 Å². The summed E-state index contributed by atoms with van der Waals surface area (Å²) >= 11 is 0. The number of nitrogens with zero attached hydrogens (tertiary/aromatic N) is 1. The molecule has 20 heavy (non-hydrogen) atoms. The van der Waals surface area contributed by atoms with Crippen LogP contribution in [0.15, 0.2) is 30.3 Å². The zero-order valence-electron chi connectivity index (χ0n) is 12.1. The van der Waals surface area contributed by atoms with E-state index in [-0.39, 0.29) is 11.9 Å². The zero-order chi connectivity index (χ0) is 14.4. The van der Waals surface area contributed by atoms with Gasteiger partial charge in [-0.05, 0) is 30.9 Å². The maximum atomic E-state index is 12.3. The van der Waals surface area contributed by atoms with Gasteiger partial charge >= 0.3 is 0 Å². The average Bonchev–Trinajstić information content (AvgIpc) is 2.48. The van der Waals surface area contributed by atoms with Gasteiger partial charge in [-0.3, -0.25) is 4.79 Å². The molecule has 1 fully saturated rings. The average molecular weight is 276 g/mol. The van der Waals surface area contributed by atoms with Crippen molar-refractivity contribution in [3.05, 3.63) is 30.3 Å². The molecule has 1 aliphatic heterocycles. The molecule has 1 aliphatic rings. The number of likely N-dealkylation sites (tertiary alicyclic amines) is 1. The number of piperidine rings is 1. The number of para-hydroxylation sites is 1. The van der Waals surface area contributed by atoms with E-state index < -0.39 is 0 Å². The van der Waals surface area contributed by atoms with E-state index in [4.69, 9.17) is 10.5 Å². The van der Waals surface area contributed by atoms with Crippen LogP contribution in [-0.4, -0.2) is 36.5 Å². The fourth-order valence-electron chi connectivity index (χ4n) is 2.83. The van der Waals surface area contributed by atoms with Crippen molar-refractivity contribution in [2.45, 2.75) is 32.2 Å². The second-order valence-corrected chi connectivity index (χ2v) is 5.42. The van der Waals surface area contributed by atoms with Gasteiger partial charge in [-0.1, -0.05) is 25.1 Å². The molecular formula is C16H24N2O2. The van der Waals surface area contributed by atoms with Crippen LogP contribution in [-0.2, 0) is 4.79 Å². The van der Waals surface area contributed by atoms with Gasteiger partial charge in [0.15, 0.2) is 0 Å². The summed E-state index contributed by atoms with van der Waals surface area (Å²) in [5, 5.41) is 0. The Labute approximate surface area is 120 Å². The molecule has 1 amide bonds. The van der Waals surface area contributed by atoms with Crippen LogP contribution in [0.2, 0.25) is 0 Å². The van der Waals surface area contributed by atoms with Gasteiger partial charge in [-0.15, -0.1) is 0 Å². The number of carbonyl (C=O) groups excluding carboxylic acids is 1. The topological polar surface area (TPSA) is 55.6 Å². The van der Waals surface area contributed by atoms with E-state index in [1.54, 1.807) is 0 Å². The van der Waals surface area contributed by atoms with E-state index in [9.17, 15) is 4.79 Å². The lowest BCUT2D eigenvalue weighted by Gasteiger charge is -2.39. The lowest BCUT2D eigenvalue weighted by Crippen LogP contribution is -2.51. The van der Waals surface area contributed by atoms with Crippen molar-refractivity contribution in [2.75, 3.05) is 19.7 Å².